The average molecular weight is 263 g/mol. The van der Waals surface area contributed by atoms with Crippen LogP contribution in [0, 0.1) is 5.92 Å². The van der Waals surface area contributed by atoms with Gasteiger partial charge in [-0.25, -0.2) is 0 Å². The van der Waals surface area contributed by atoms with Gasteiger partial charge >= 0.3 is 6.18 Å². The molecule has 1 aliphatic rings. The van der Waals surface area contributed by atoms with Crippen molar-refractivity contribution in [3.63, 3.8) is 0 Å². The molecule has 1 unspecified atom stereocenters. The third-order valence-electron chi connectivity index (χ3n) is 2.92. The molecule has 0 radical (unpaired) electrons. The maximum Gasteiger partial charge on any atom is 0.396 e. The maximum absolute atomic E-state index is 12.1. The Balaban J connectivity index is 1.92. The Labute approximate surface area is 103 Å². The lowest BCUT2D eigenvalue weighted by Crippen LogP contribution is -2.33. The first-order chi connectivity index (χ1) is 8.48. The highest BCUT2D eigenvalue weighted by Crippen LogP contribution is 2.34. The number of likely N-dealkylation sites (N-methyl/N-ethyl adjacent to an activating group) is 1. The van der Waals surface area contributed by atoms with Crippen LogP contribution in [0.15, 0.2) is 4.52 Å². The third kappa shape index (κ3) is 3.97. The molecule has 0 spiro atoms. The number of aromatic nitrogens is 2. The van der Waals surface area contributed by atoms with Gasteiger partial charge in [0, 0.05) is 12.5 Å². The lowest BCUT2D eigenvalue weighted by Gasteiger charge is -2.14. The molecule has 1 atom stereocenters. The Hall–Kier alpha value is -1.11. The molecule has 0 saturated heterocycles. The Bertz CT molecular complexity index is 387. The highest BCUT2D eigenvalue weighted by molar-refractivity contribution is 4.95. The van der Waals surface area contributed by atoms with Crippen molar-refractivity contribution in [1.29, 1.82) is 0 Å². The van der Waals surface area contributed by atoms with Gasteiger partial charge in [-0.2, -0.15) is 18.2 Å². The van der Waals surface area contributed by atoms with Gasteiger partial charge in [0.25, 0.3) is 0 Å². The molecule has 4 nitrogen and oxygen atoms in total. The van der Waals surface area contributed by atoms with E-state index in [1.165, 1.54) is 0 Å². The fourth-order valence-corrected chi connectivity index (χ4v) is 1.98. The summed E-state index contributed by atoms with van der Waals surface area (Å²) in [6.45, 7) is 2.82. The monoisotopic (exact) mass is 263 g/mol. The molecule has 0 aliphatic heterocycles. The standard InChI is InChI=1S/C11H16F3N3O/c1-2-15-8(7-3-4-7)5-10-16-9(17-18-10)6-11(12,13)14/h7-8,15H,2-6H2,1H3. The number of alkyl halides is 3. The van der Waals surface area contributed by atoms with E-state index < -0.39 is 12.6 Å². The van der Waals surface area contributed by atoms with E-state index in [1.54, 1.807) is 0 Å². The van der Waals surface area contributed by atoms with Crippen molar-refractivity contribution in [2.24, 2.45) is 5.92 Å². The molecular formula is C11H16F3N3O. The van der Waals surface area contributed by atoms with Gasteiger partial charge in [-0.3, -0.25) is 0 Å². The number of rotatable bonds is 6. The minimum absolute atomic E-state index is 0.231. The molecule has 0 amide bonds. The Kier molecular flexibility index (Phi) is 3.89. The van der Waals surface area contributed by atoms with Crippen LogP contribution in [0.5, 0.6) is 0 Å². The Morgan fingerprint density at radius 1 is 1.44 bits per heavy atom. The summed E-state index contributed by atoms with van der Waals surface area (Å²) in [6, 6.07) is 0.231. The van der Waals surface area contributed by atoms with Gasteiger partial charge in [-0.15, -0.1) is 0 Å². The van der Waals surface area contributed by atoms with E-state index >= 15 is 0 Å². The number of hydrogen-bond acceptors (Lipinski definition) is 4. The van der Waals surface area contributed by atoms with E-state index in [0.29, 0.717) is 12.3 Å². The molecule has 1 N–H and O–H groups in total. The van der Waals surface area contributed by atoms with Crippen molar-refractivity contribution in [1.82, 2.24) is 15.5 Å². The van der Waals surface area contributed by atoms with E-state index in [2.05, 4.69) is 15.5 Å². The van der Waals surface area contributed by atoms with Crippen LogP contribution >= 0.6 is 0 Å². The van der Waals surface area contributed by atoms with Crippen molar-refractivity contribution < 1.29 is 17.7 Å². The Morgan fingerprint density at radius 3 is 2.72 bits per heavy atom. The third-order valence-corrected chi connectivity index (χ3v) is 2.92. The molecular weight excluding hydrogens is 247 g/mol. The fourth-order valence-electron chi connectivity index (χ4n) is 1.98. The summed E-state index contributed by atoms with van der Waals surface area (Å²) in [5.41, 5.74) is 0. The first-order valence-corrected chi connectivity index (χ1v) is 6.09. The minimum Gasteiger partial charge on any atom is -0.339 e. The van der Waals surface area contributed by atoms with Crippen molar-refractivity contribution in [2.75, 3.05) is 6.54 Å². The van der Waals surface area contributed by atoms with Crippen molar-refractivity contribution >= 4 is 0 Å². The number of nitrogens with zero attached hydrogens (tertiary/aromatic N) is 2. The summed E-state index contributed by atoms with van der Waals surface area (Å²) in [4.78, 5) is 3.79. The van der Waals surface area contributed by atoms with E-state index in [9.17, 15) is 13.2 Å². The molecule has 7 heteroatoms. The van der Waals surface area contributed by atoms with Crippen LogP contribution in [0.25, 0.3) is 0 Å². The molecule has 2 rings (SSSR count). The molecule has 1 heterocycles. The minimum atomic E-state index is -4.29. The quantitative estimate of drug-likeness (QED) is 0.854. The average Bonchev–Trinajstić information content (AvgIpc) is 3.00. The SMILES string of the molecule is CCNC(Cc1nc(CC(F)(F)F)no1)C1CC1. The molecule has 1 aromatic rings. The smallest absolute Gasteiger partial charge is 0.339 e. The number of nitrogens with one attached hydrogen (secondary N) is 1. The van der Waals surface area contributed by atoms with E-state index in [0.717, 1.165) is 19.4 Å². The summed E-state index contributed by atoms with van der Waals surface area (Å²) in [5.74, 6) is 0.582. The van der Waals surface area contributed by atoms with Gasteiger partial charge in [-0.1, -0.05) is 12.1 Å². The summed E-state index contributed by atoms with van der Waals surface area (Å²) >= 11 is 0. The molecule has 18 heavy (non-hydrogen) atoms. The number of halogens is 3. The van der Waals surface area contributed by atoms with E-state index in [4.69, 9.17) is 4.52 Å². The summed E-state index contributed by atoms with van der Waals surface area (Å²) < 4.78 is 41.3. The lowest BCUT2D eigenvalue weighted by atomic mass is 10.1. The second kappa shape index (κ2) is 5.26. The van der Waals surface area contributed by atoms with Gasteiger partial charge in [-0.05, 0) is 25.3 Å². The van der Waals surface area contributed by atoms with Crippen molar-refractivity contribution in [3.05, 3.63) is 11.7 Å². The van der Waals surface area contributed by atoms with Crippen LogP contribution < -0.4 is 5.32 Å². The lowest BCUT2D eigenvalue weighted by molar-refractivity contribution is -0.128. The molecule has 1 aromatic heterocycles. The van der Waals surface area contributed by atoms with Crippen molar-refractivity contribution in [3.8, 4) is 0 Å². The molecule has 1 aliphatic carbocycles. The van der Waals surface area contributed by atoms with E-state index in [-0.39, 0.29) is 17.8 Å². The molecule has 1 fully saturated rings. The first-order valence-electron chi connectivity index (χ1n) is 6.09. The predicted octanol–water partition coefficient (Wildman–Crippen LogP) is 2.10. The maximum atomic E-state index is 12.1. The van der Waals surface area contributed by atoms with Crippen LogP contribution in [0.3, 0.4) is 0 Å². The van der Waals surface area contributed by atoms with Gasteiger partial charge in [0.1, 0.15) is 6.42 Å². The van der Waals surface area contributed by atoms with Gasteiger partial charge in [0.15, 0.2) is 5.82 Å². The second-order valence-electron chi connectivity index (χ2n) is 4.60. The van der Waals surface area contributed by atoms with Gasteiger partial charge in [0.2, 0.25) is 5.89 Å². The molecule has 0 bridgehead atoms. The normalized spacial score (nSPS) is 18.0. The zero-order valence-electron chi connectivity index (χ0n) is 10.1. The van der Waals surface area contributed by atoms with Gasteiger partial charge in [0.05, 0.1) is 0 Å². The van der Waals surface area contributed by atoms with Crippen LogP contribution in [0.4, 0.5) is 13.2 Å². The molecule has 0 aromatic carbocycles. The zero-order valence-corrected chi connectivity index (χ0v) is 10.1. The van der Waals surface area contributed by atoms with Crippen LogP contribution in [-0.2, 0) is 12.8 Å². The fraction of sp³-hybridized carbons (Fsp3) is 0.818. The molecule has 102 valence electrons. The van der Waals surface area contributed by atoms with Crippen LogP contribution in [-0.4, -0.2) is 28.9 Å². The highest BCUT2D eigenvalue weighted by atomic mass is 19.4. The zero-order chi connectivity index (χ0) is 13.2. The Morgan fingerprint density at radius 2 is 2.17 bits per heavy atom. The van der Waals surface area contributed by atoms with Crippen molar-refractivity contribution in [2.45, 2.75) is 44.8 Å². The number of hydrogen-bond donors (Lipinski definition) is 1. The summed E-state index contributed by atoms with van der Waals surface area (Å²) in [7, 11) is 0. The van der Waals surface area contributed by atoms with Crippen LogP contribution in [0.1, 0.15) is 31.5 Å². The predicted molar refractivity (Wildman–Crippen MR) is 57.9 cm³/mol. The summed E-state index contributed by atoms with van der Waals surface area (Å²) in [6.07, 6.45) is -2.61. The van der Waals surface area contributed by atoms with Gasteiger partial charge < -0.3 is 9.84 Å². The molecule has 1 saturated carbocycles. The van der Waals surface area contributed by atoms with E-state index in [1.807, 2.05) is 6.92 Å². The topological polar surface area (TPSA) is 51.0 Å². The first kappa shape index (κ1) is 13.3. The van der Waals surface area contributed by atoms with Crippen LogP contribution in [0.2, 0.25) is 0 Å². The highest BCUT2D eigenvalue weighted by Gasteiger charge is 2.33. The summed E-state index contributed by atoms with van der Waals surface area (Å²) in [5, 5.41) is 6.66. The largest absolute Gasteiger partial charge is 0.396 e. The second-order valence-corrected chi connectivity index (χ2v) is 4.60.